The van der Waals surface area contributed by atoms with Crippen LogP contribution in [-0.2, 0) is 12.8 Å². The highest BCUT2D eigenvalue weighted by Crippen LogP contribution is 2.09. The first-order valence-corrected chi connectivity index (χ1v) is 6.86. The van der Waals surface area contributed by atoms with Crippen molar-refractivity contribution in [1.29, 1.82) is 0 Å². The Kier molecular flexibility index (Phi) is 13.9. The average molecular weight is 496 g/mol. The van der Waals surface area contributed by atoms with Gasteiger partial charge in [0, 0.05) is 0 Å². The predicted octanol–water partition coefficient (Wildman–Crippen LogP) is -7.23. The van der Waals surface area contributed by atoms with Crippen molar-refractivity contribution < 1.29 is 65.8 Å². The average Bonchev–Trinajstić information content (AvgIpc) is 3.07. The minimum Gasteiger partial charge on any atom is -1.00 e. The summed E-state index contributed by atoms with van der Waals surface area (Å²) in [7, 11) is 0. The van der Waals surface area contributed by atoms with E-state index in [2.05, 4.69) is 44.2 Å². The third-order valence-corrected chi connectivity index (χ3v) is 3.62. The molecule has 0 bridgehead atoms. The zero-order valence-electron chi connectivity index (χ0n) is 13.8. The Labute approximate surface area is 170 Å². The maximum Gasteiger partial charge on any atom is 0.253 e. The molecule has 10 heteroatoms. The number of fused-ring (bicyclic) bond motifs is 2. The van der Waals surface area contributed by atoms with E-state index in [0.717, 1.165) is 46.6 Å². The first-order valence-electron chi connectivity index (χ1n) is 6.86. The van der Waals surface area contributed by atoms with Gasteiger partial charge in [0.05, 0.1) is 12.8 Å². The lowest BCUT2D eigenvalue weighted by molar-refractivity contribution is -0.366. The molecule has 146 valence electrons. The van der Waals surface area contributed by atoms with Gasteiger partial charge >= 0.3 is 0 Å². The SMILES string of the molecule is O.O.O.O.[Br-].[Br-].c1ccc2[nH+]c(CCc3[nH]c4ccccc4[nH+]3)[nH]c2c1. The maximum absolute atomic E-state index is 3.42. The molecule has 0 spiro atoms. The highest BCUT2D eigenvalue weighted by atomic mass is 79.9. The van der Waals surface area contributed by atoms with Gasteiger partial charge in [-0.3, -0.25) is 0 Å². The number of rotatable bonds is 3. The molecule has 2 aromatic heterocycles. The van der Waals surface area contributed by atoms with E-state index in [1.54, 1.807) is 0 Å². The van der Waals surface area contributed by atoms with Gasteiger partial charge in [0.25, 0.3) is 11.6 Å². The molecule has 0 aliphatic heterocycles. The van der Waals surface area contributed by atoms with Crippen molar-refractivity contribution in [1.82, 2.24) is 9.97 Å². The molecule has 0 atom stereocenters. The van der Waals surface area contributed by atoms with Crippen LogP contribution in [0, 0.1) is 0 Å². The van der Waals surface area contributed by atoms with Gasteiger partial charge < -0.3 is 55.9 Å². The summed E-state index contributed by atoms with van der Waals surface area (Å²) in [4.78, 5) is 13.7. The van der Waals surface area contributed by atoms with E-state index < -0.39 is 0 Å². The molecule has 26 heavy (non-hydrogen) atoms. The summed E-state index contributed by atoms with van der Waals surface area (Å²) >= 11 is 0. The van der Waals surface area contributed by atoms with Crippen molar-refractivity contribution in [2.45, 2.75) is 12.8 Å². The van der Waals surface area contributed by atoms with Crippen molar-refractivity contribution in [3.63, 3.8) is 0 Å². The molecule has 4 rings (SSSR count). The third kappa shape index (κ3) is 5.87. The smallest absolute Gasteiger partial charge is 0.253 e. The monoisotopic (exact) mass is 494 g/mol. The number of benzene rings is 2. The molecule has 0 radical (unpaired) electrons. The number of halogens is 2. The lowest BCUT2D eigenvalue weighted by Gasteiger charge is -1.85. The number of hydrogen-bond acceptors (Lipinski definition) is 0. The molecule has 0 saturated carbocycles. The summed E-state index contributed by atoms with van der Waals surface area (Å²) in [6.07, 6.45) is 1.88. The Balaban J connectivity index is -0.000000882. The van der Waals surface area contributed by atoms with Gasteiger partial charge in [0.1, 0.15) is 0 Å². The summed E-state index contributed by atoms with van der Waals surface area (Å²) in [6, 6.07) is 16.5. The normalized spacial score (nSPS) is 8.77. The number of nitrogens with one attached hydrogen (secondary N) is 4. The Morgan fingerprint density at radius 1 is 0.577 bits per heavy atom. The summed E-state index contributed by atoms with van der Waals surface area (Å²) in [5.74, 6) is 2.30. The number of imidazole rings is 2. The lowest BCUT2D eigenvalue weighted by Crippen LogP contribution is -3.00. The molecule has 0 aliphatic carbocycles. The van der Waals surface area contributed by atoms with Gasteiger partial charge in [-0.1, -0.05) is 24.3 Å². The fourth-order valence-electron chi connectivity index (χ4n) is 2.61. The van der Waals surface area contributed by atoms with Crippen molar-refractivity contribution in [2.24, 2.45) is 0 Å². The van der Waals surface area contributed by atoms with Gasteiger partial charge in [0.2, 0.25) is 0 Å². The van der Waals surface area contributed by atoms with E-state index in [1.165, 1.54) is 0 Å². The van der Waals surface area contributed by atoms with Crippen LogP contribution in [-0.4, -0.2) is 31.9 Å². The fourth-order valence-corrected chi connectivity index (χ4v) is 2.61. The van der Waals surface area contributed by atoms with Crippen LogP contribution in [0.3, 0.4) is 0 Å². The Morgan fingerprint density at radius 3 is 1.27 bits per heavy atom. The van der Waals surface area contributed by atoms with E-state index in [0.29, 0.717) is 0 Å². The first-order chi connectivity index (χ1) is 9.88. The lowest BCUT2D eigenvalue weighted by atomic mass is 10.3. The molecule has 4 aromatic rings. The van der Waals surface area contributed by atoms with Crippen LogP contribution in [0.25, 0.3) is 22.1 Å². The predicted molar refractivity (Wildman–Crippen MR) is 91.6 cm³/mol. The van der Waals surface area contributed by atoms with Crippen LogP contribution in [0.5, 0.6) is 0 Å². The molecule has 0 aliphatic rings. The zero-order chi connectivity index (χ0) is 13.4. The third-order valence-electron chi connectivity index (χ3n) is 3.62. The maximum atomic E-state index is 3.42. The number of H-pyrrole nitrogens is 4. The van der Waals surface area contributed by atoms with Crippen LogP contribution in [0.1, 0.15) is 11.6 Å². The number of aromatic nitrogens is 4. The zero-order valence-corrected chi connectivity index (χ0v) is 17.0. The van der Waals surface area contributed by atoms with Gasteiger partial charge in [0.15, 0.2) is 22.1 Å². The fraction of sp³-hybridized carbons (Fsp3) is 0.125. The molecule has 0 unspecified atom stereocenters. The number of aryl methyl sites for hydroxylation is 2. The molecule has 0 fully saturated rings. The van der Waals surface area contributed by atoms with Crippen molar-refractivity contribution in [3.8, 4) is 0 Å². The Morgan fingerprint density at radius 2 is 0.923 bits per heavy atom. The Hall–Kier alpha value is -1.82. The van der Waals surface area contributed by atoms with E-state index >= 15 is 0 Å². The van der Waals surface area contributed by atoms with Gasteiger partial charge in [-0.25, -0.2) is 19.9 Å². The molecule has 12 N–H and O–H groups in total. The minimum absolute atomic E-state index is 0. The van der Waals surface area contributed by atoms with Gasteiger partial charge in [-0.15, -0.1) is 0 Å². The van der Waals surface area contributed by atoms with Gasteiger partial charge in [-0.05, 0) is 24.3 Å². The van der Waals surface area contributed by atoms with Crippen LogP contribution in [0.2, 0.25) is 0 Å². The van der Waals surface area contributed by atoms with E-state index in [4.69, 9.17) is 0 Å². The highest BCUT2D eigenvalue weighted by molar-refractivity contribution is 5.71. The van der Waals surface area contributed by atoms with Gasteiger partial charge in [-0.2, -0.15) is 0 Å². The second kappa shape index (κ2) is 12.5. The molecular formula is C16H24Br2N4O4. The summed E-state index contributed by atoms with van der Waals surface area (Å²) in [5.41, 5.74) is 4.62. The molecule has 2 heterocycles. The number of hydrogen-bond donors (Lipinski definition) is 2. The summed E-state index contributed by atoms with van der Waals surface area (Å²) in [6.45, 7) is 0. The van der Waals surface area contributed by atoms with E-state index in [9.17, 15) is 0 Å². The topological polar surface area (TPSA) is 186 Å². The first kappa shape index (κ1) is 29.0. The second-order valence-electron chi connectivity index (χ2n) is 5.05. The highest BCUT2D eigenvalue weighted by Gasteiger charge is 2.13. The minimum atomic E-state index is 0. The largest absolute Gasteiger partial charge is 1.00 e. The van der Waals surface area contributed by atoms with Crippen LogP contribution >= 0.6 is 0 Å². The summed E-state index contributed by atoms with van der Waals surface area (Å²) < 4.78 is 0. The Bertz CT molecular complexity index is 758. The van der Waals surface area contributed by atoms with Crippen LogP contribution in [0.4, 0.5) is 0 Å². The molecule has 8 nitrogen and oxygen atoms in total. The standard InChI is InChI=1S/C16H14N4.2BrH.4H2O/c1-2-6-12-11(5-1)17-15(18-12)9-10-16-19-13-7-3-4-8-14(13)20-16;;;;;;/h1-8H,9-10H2,(H,17,18)(H,19,20);2*1H;4*1H2. The molecular weight excluding hydrogens is 472 g/mol. The molecule has 0 saturated heterocycles. The van der Waals surface area contributed by atoms with Crippen molar-refractivity contribution in [3.05, 3.63) is 60.2 Å². The quantitative estimate of drug-likeness (QED) is 0.273. The number of para-hydroxylation sites is 4. The van der Waals surface area contributed by atoms with Crippen LogP contribution < -0.4 is 43.9 Å². The molecule has 0 amide bonds. The number of aromatic amines is 4. The van der Waals surface area contributed by atoms with Crippen molar-refractivity contribution >= 4 is 22.1 Å². The second-order valence-corrected chi connectivity index (χ2v) is 5.05. The van der Waals surface area contributed by atoms with Crippen LogP contribution in [0.15, 0.2) is 48.5 Å². The molecule has 2 aromatic carbocycles. The van der Waals surface area contributed by atoms with Crippen molar-refractivity contribution in [2.75, 3.05) is 0 Å². The summed E-state index contributed by atoms with van der Waals surface area (Å²) in [5, 5.41) is 0. The van der Waals surface area contributed by atoms with E-state index in [-0.39, 0.29) is 55.9 Å². The van der Waals surface area contributed by atoms with E-state index in [1.807, 2.05) is 24.3 Å².